The first-order valence-corrected chi connectivity index (χ1v) is 20.9. The number of carbonyl (C=O) groups excluding carboxylic acids is 5. The van der Waals surface area contributed by atoms with Gasteiger partial charge >= 0.3 is 7.60 Å². The van der Waals surface area contributed by atoms with Crippen molar-refractivity contribution >= 4 is 37.1 Å². The molecule has 0 saturated heterocycles. The fraction of sp³-hybridized carbons (Fsp3) is 0.861. The highest BCUT2D eigenvalue weighted by atomic mass is 31.2. The van der Waals surface area contributed by atoms with Gasteiger partial charge in [-0.3, -0.25) is 28.5 Å². The Hall–Kier alpha value is -2.70. The predicted octanol–water partition coefficient (Wildman–Crippen LogP) is 1.18. The van der Waals surface area contributed by atoms with E-state index in [0.29, 0.717) is 71.9 Å². The van der Waals surface area contributed by atoms with Crippen LogP contribution in [0, 0.1) is 5.92 Å². The summed E-state index contributed by atoms with van der Waals surface area (Å²) in [6.45, 7) is 10.4. The van der Waals surface area contributed by atoms with Crippen molar-refractivity contribution in [1.82, 2.24) is 26.6 Å². The lowest BCUT2D eigenvalue weighted by Crippen LogP contribution is -2.51. The van der Waals surface area contributed by atoms with Crippen LogP contribution in [0.2, 0.25) is 0 Å². The molecule has 1 aliphatic rings. The molecule has 0 spiro atoms. The van der Waals surface area contributed by atoms with Crippen LogP contribution in [0.15, 0.2) is 0 Å². The number of amides is 5. The SMILES string of the molecule is CCCOCCNC(=O)CCC(NC(=O)CCC(NC(=O)C1CCC(OP(=O)(O)C(C)(C)C)CC1)C(=O)NCCOCCOC)C(=O)NCCOCCOC. The quantitative estimate of drug-likeness (QED) is 0.0442. The third-order valence-electron chi connectivity index (χ3n) is 8.66. The van der Waals surface area contributed by atoms with E-state index in [2.05, 4.69) is 26.6 Å². The van der Waals surface area contributed by atoms with Crippen LogP contribution < -0.4 is 26.6 Å². The van der Waals surface area contributed by atoms with Crippen molar-refractivity contribution in [2.45, 2.75) is 109 Å². The molecule has 6 N–H and O–H groups in total. The Bertz CT molecular complexity index is 1180. The molecule has 19 heteroatoms. The van der Waals surface area contributed by atoms with Gasteiger partial charge in [-0.15, -0.1) is 0 Å². The lowest BCUT2D eigenvalue weighted by molar-refractivity contribution is -0.133. The number of rotatable bonds is 30. The van der Waals surface area contributed by atoms with E-state index in [-0.39, 0.29) is 63.8 Å². The number of methoxy groups -OCH3 is 2. The first kappa shape index (κ1) is 50.3. The molecule has 3 atom stereocenters. The van der Waals surface area contributed by atoms with Crippen molar-refractivity contribution in [2.24, 2.45) is 5.92 Å². The highest BCUT2D eigenvalue weighted by Crippen LogP contribution is 2.56. The van der Waals surface area contributed by atoms with Crippen molar-refractivity contribution in [3.05, 3.63) is 0 Å². The molecular weight excluding hydrogens is 741 g/mol. The summed E-state index contributed by atoms with van der Waals surface area (Å²) in [6, 6.07) is -2.13. The molecular formula is C36H68N5O13P. The minimum atomic E-state index is -3.88. The highest BCUT2D eigenvalue weighted by Gasteiger charge is 2.40. The zero-order valence-corrected chi connectivity index (χ0v) is 34.6. The van der Waals surface area contributed by atoms with Crippen molar-refractivity contribution in [3.63, 3.8) is 0 Å². The van der Waals surface area contributed by atoms with Crippen LogP contribution in [-0.4, -0.2) is 144 Å². The van der Waals surface area contributed by atoms with Crippen molar-refractivity contribution in [1.29, 1.82) is 0 Å². The van der Waals surface area contributed by atoms with E-state index in [9.17, 15) is 33.4 Å². The summed E-state index contributed by atoms with van der Waals surface area (Å²) in [5, 5.41) is 12.7. The molecule has 5 amide bonds. The minimum Gasteiger partial charge on any atom is -0.382 e. The molecule has 0 aliphatic heterocycles. The molecule has 0 aromatic rings. The van der Waals surface area contributed by atoms with Crippen LogP contribution in [0.3, 0.4) is 0 Å². The van der Waals surface area contributed by atoms with Gasteiger partial charge in [0.1, 0.15) is 12.1 Å². The Balaban J connectivity index is 2.90. The van der Waals surface area contributed by atoms with Crippen LogP contribution in [0.4, 0.5) is 0 Å². The van der Waals surface area contributed by atoms with Crippen LogP contribution in [0.25, 0.3) is 0 Å². The molecule has 1 rings (SSSR count). The van der Waals surface area contributed by atoms with Gasteiger partial charge in [0, 0.05) is 59.2 Å². The second-order valence-corrected chi connectivity index (χ2v) is 16.9. The van der Waals surface area contributed by atoms with Crippen molar-refractivity contribution < 1.29 is 61.6 Å². The number of hydrogen-bond acceptors (Lipinski definition) is 12. The first-order chi connectivity index (χ1) is 26.1. The van der Waals surface area contributed by atoms with Crippen molar-refractivity contribution in [2.75, 3.05) is 86.7 Å². The van der Waals surface area contributed by atoms with Gasteiger partial charge in [-0.1, -0.05) is 6.92 Å². The van der Waals surface area contributed by atoms with E-state index in [0.717, 1.165) is 6.42 Å². The molecule has 1 saturated carbocycles. The predicted molar refractivity (Wildman–Crippen MR) is 204 cm³/mol. The Kier molecular flexibility index (Phi) is 26.2. The van der Waals surface area contributed by atoms with Gasteiger partial charge in [0.2, 0.25) is 29.5 Å². The van der Waals surface area contributed by atoms with Crippen LogP contribution >= 0.6 is 7.60 Å². The highest BCUT2D eigenvalue weighted by molar-refractivity contribution is 7.54. The topological polar surface area (TPSA) is 238 Å². The van der Waals surface area contributed by atoms with Gasteiger partial charge in [-0.2, -0.15) is 0 Å². The molecule has 0 aromatic carbocycles. The minimum absolute atomic E-state index is 0.0152. The second kappa shape index (κ2) is 28.7. The third-order valence-corrected chi connectivity index (χ3v) is 10.9. The van der Waals surface area contributed by atoms with E-state index in [1.165, 1.54) is 0 Å². The average molecular weight is 810 g/mol. The van der Waals surface area contributed by atoms with Gasteiger partial charge in [-0.25, -0.2) is 0 Å². The van der Waals surface area contributed by atoms with Gasteiger partial charge in [0.25, 0.3) is 0 Å². The lowest BCUT2D eigenvalue weighted by Gasteiger charge is -2.33. The third kappa shape index (κ3) is 22.6. The van der Waals surface area contributed by atoms with Gasteiger partial charge in [-0.05, 0) is 65.7 Å². The number of ether oxygens (including phenoxy) is 5. The maximum atomic E-state index is 13.4. The summed E-state index contributed by atoms with van der Waals surface area (Å²) >= 11 is 0. The lowest BCUT2D eigenvalue weighted by atomic mass is 9.86. The summed E-state index contributed by atoms with van der Waals surface area (Å²) in [6.07, 6.45) is 1.62. The first-order valence-electron chi connectivity index (χ1n) is 19.3. The van der Waals surface area contributed by atoms with Crippen molar-refractivity contribution in [3.8, 4) is 0 Å². The normalized spacial score (nSPS) is 18.0. The Morgan fingerprint density at radius 3 is 1.64 bits per heavy atom. The van der Waals surface area contributed by atoms with Gasteiger partial charge in [0.05, 0.1) is 57.5 Å². The number of hydrogen-bond donors (Lipinski definition) is 6. The van der Waals surface area contributed by atoms with E-state index in [4.69, 9.17) is 28.2 Å². The number of nitrogens with one attached hydrogen (secondary N) is 5. The monoisotopic (exact) mass is 809 g/mol. The summed E-state index contributed by atoms with van der Waals surface area (Å²) in [4.78, 5) is 75.9. The van der Waals surface area contributed by atoms with E-state index in [1.54, 1.807) is 35.0 Å². The van der Waals surface area contributed by atoms with E-state index < -0.39 is 54.6 Å². The van der Waals surface area contributed by atoms with Crippen LogP contribution in [0.1, 0.15) is 85.5 Å². The maximum absolute atomic E-state index is 13.4. The molecule has 0 bridgehead atoms. The number of carbonyl (C=O) groups is 5. The second-order valence-electron chi connectivity index (χ2n) is 14.3. The van der Waals surface area contributed by atoms with Crippen LogP contribution in [-0.2, 0) is 56.7 Å². The Morgan fingerprint density at radius 2 is 1.15 bits per heavy atom. The summed E-state index contributed by atoms with van der Waals surface area (Å²) in [7, 11) is -0.784. The van der Waals surface area contributed by atoms with Crippen LogP contribution in [0.5, 0.6) is 0 Å². The Morgan fingerprint density at radius 1 is 0.673 bits per heavy atom. The summed E-state index contributed by atoms with van der Waals surface area (Å²) in [5.74, 6) is -2.72. The average Bonchev–Trinajstić information content (AvgIpc) is 3.13. The molecule has 1 fully saturated rings. The standard InChI is InChI=1S/C36H68N5O13P/c1-7-19-51-20-16-37-31(42)14-12-29(34(45)38-17-21-52-25-23-49-5)40-32(43)15-13-30(35(46)39-18-22-53-26-24-50-6)41-33(44)27-8-10-28(11-9-27)54-55(47,48)36(2,3)4/h27-30H,7-26H2,1-6H3,(H,37,42)(H,38,45)(H,39,46)(H,40,43)(H,41,44)(H,47,48). The molecule has 0 heterocycles. The maximum Gasteiger partial charge on any atom is 0.333 e. The largest absolute Gasteiger partial charge is 0.382 e. The fourth-order valence-electron chi connectivity index (χ4n) is 5.26. The molecule has 3 unspecified atom stereocenters. The molecule has 1 aliphatic carbocycles. The molecule has 0 aromatic heterocycles. The van der Waals surface area contributed by atoms with Gasteiger partial charge in [0.15, 0.2) is 0 Å². The van der Waals surface area contributed by atoms with E-state index >= 15 is 0 Å². The zero-order valence-electron chi connectivity index (χ0n) is 33.7. The Labute approximate surface area is 326 Å². The van der Waals surface area contributed by atoms with E-state index in [1.807, 2.05) is 6.92 Å². The summed E-state index contributed by atoms with van der Waals surface area (Å²) in [5.41, 5.74) is 0. The molecule has 320 valence electrons. The molecule has 18 nitrogen and oxygen atoms in total. The fourth-order valence-corrected chi connectivity index (χ4v) is 6.19. The smallest absolute Gasteiger partial charge is 0.333 e. The summed E-state index contributed by atoms with van der Waals surface area (Å²) < 4.78 is 44.3. The molecule has 55 heavy (non-hydrogen) atoms. The van der Waals surface area contributed by atoms with Gasteiger partial charge < -0.3 is 59.7 Å². The molecule has 0 radical (unpaired) electrons. The zero-order chi connectivity index (χ0) is 41.1.